The minimum atomic E-state index is -0.518. The molecule has 1 heterocycles. The molecule has 2 amide bonds. The zero-order valence-corrected chi connectivity index (χ0v) is 17.6. The number of nitrogens with zero attached hydrogens (tertiary/aromatic N) is 1. The number of carbonyl (C=O) groups excluding carboxylic acids is 2. The Balaban J connectivity index is 1.66. The number of ether oxygens (including phenoxy) is 3. The average molecular weight is 412 g/mol. The van der Waals surface area contributed by atoms with Gasteiger partial charge in [-0.1, -0.05) is 25.8 Å². The number of unbranched alkanes of at least 4 members (excludes halogenated alkanes) is 2. The predicted molar refractivity (Wildman–Crippen MR) is 116 cm³/mol. The minimum Gasteiger partial charge on any atom is -0.497 e. The van der Waals surface area contributed by atoms with Gasteiger partial charge in [0.2, 0.25) is 0 Å². The number of fused-ring (bicyclic) bond motifs is 1. The van der Waals surface area contributed by atoms with Crippen molar-refractivity contribution in [3.8, 4) is 17.2 Å². The summed E-state index contributed by atoms with van der Waals surface area (Å²) in [6.07, 6.45) is 2.52. The molecule has 0 radical (unpaired) electrons. The van der Waals surface area contributed by atoms with Gasteiger partial charge in [0.1, 0.15) is 17.2 Å². The molecule has 0 saturated carbocycles. The fourth-order valence-electron chi connectivity index (χ4n) is 3.27. The van der Waals surface area contributed by atoms with Crippen LogP contribution in [0.15, 0.2) is 42.5 Å². The molecular weight excluding hydrogens is 384 g/mol. The maximum atomic E-state index is 12.6. The highest BCUT2D eigenvalue weighted by Crippen LogP contribution is 2.36. The van der Waals surface area contributed by atoms with E-state index in [0.717, 1.165) is 19.3 Å². The van der Waals surface area contributed by atoms with Crippen molar-refractivity contribution < 1.29 is 23.8 Å². The Morgan fingerprint density at radius 3 is 2.73 bits per heavy atom. The van der Waals surface area contributed by atoms with Crippen molar-refractivity contribution in [1.29, 1.82) is 0 Å². The number of hydrogen-bond donors (Lipinski definition) is 1. The first kappa shape index (κ1) is 21.5. The van der Waals surface area contributed by atoms with Crippen molar-refractivity contribution >= 4 is 23.2 Å². The van der Waals surface area contributed by atoms with Crippen LogP contribution in [-0.4, -0.2) is 38.2 Å². The lowest BCUT2D eigenvalue weighted by molar-refractivity contribution is -0.125. The predicted octanol–water partition coefficient (Wildman–Crippen LogP) is 4.02. The van der Waals surface area contributed by atoms with Crippen LogP contribution >= 0.6 is 0 Å². The molecule has 0 saturated heterocycles. The molecule has 1 aliphatic rings. The molecule has 0 spiro atoms. The Hall–Kier alpha value is -3.22. The Kier molecular flexibility index (Phi) is 7.17. The number of nitrogens with one attached hydrogen (secondary N) is 1. The van der Waals surface area contributed by atoms with E-state index in [2.05, 4.69) is 12.2 Å². The van der Waals surface area contributed by atoms with Gasteiger partial charge in [0, 0.05) is 18.3 Å². The summed E-state index contributed by atoms with van der Waals surface area (Å²) < 4.78 is 16.4. The van der Waals surface area contributed by atoms with Gasteiger partial charge in [-0.25, -0.2) is 0 Å². The van der Waals surface area contributed by atoms with Crippen LogP contribution < -0.4 is 24.4 Å². The number of carbonyl (C=O) groups is 2. The molecule has 1 atom stereocenters. The van der Waals surface area contributed by atoms with E-state index in [4.69, 9.17) is 14.2 Å². The summed E-state index contributed by atoms with van der Waals surface area (Å²) in [6.45, 7) is 4.36. The van der Waals surface area contributed by atoms with E-state index >= 15 is 0 Å². The fraction of sp³-hybridized carbons (Fsp3) is 0.391. The molecule has 3 rings (SSSR count). The molecule has 2 aromatic carbocycles. The molecule has 7 nitrogen and oxygen atoms in total. The molecule has 1 aliphatic heterocycles. The third kappa shape index (κ3) is 5.23. The van der Waals surface area contributed by atoms with Crippen molar-refractivity contribution in [1.82, 2.24) is 0 Å². The minimum absolute atomic E-state index is 0.0663. The van der Waals surface area contributed by atoms with E-state index < -0.39 is 6.10 Å². The van der Waals surface area contributed by atoms with E-state index in [9.17, 15) is 9.59 Å². The van der Waals surface area contributed by atoms with Crippen molar-refractivity contribution in [2.45, 2.75) is 39.2 Å². The van der Waals surface area contributed by atoms with Crippen molar-refractivity contribution in [2.24, 2.45) is 0 Å². The van der Waals surface area contributed by atoms with Crippen molar-refractivity contribution in [3.63, 3.8) is 0 Å². The Morgan fingerprint density at radius 2 is 1.97 bits per heavy atom. The topological polar surface area (TPSA) is 77.1 Å². The van der Waals surface area contributed by atoms with Gasteiger partial charge in [0.05, 0.1) is 12.8 Å². The first-order valence-corrected chi connectivity index (χ1v) is 10.2. The van der Waals surface area contributed by atoms with Gasteiger partial charge in [-0.2, -0.15) is 0 Å². The monoisotopic (exact) mass is 412 g/mol. The summed E-state index contributed by atoms with van der Waals surface area (Å²) in [7, 11) is 1.57. The van der Waals surface area contributed by atoms with Gasteiger partial charge in [-0.15, -0.1) is 0 Å². The molecule has 1 unspecified atom stereocenters. The first-order valence-electron chi connectivity index (χ1n) is 10.2. The molecule has 160 valence electrons. The highest BCUT2D eigenvalue weighted by molar-refractivity contribution is 6.01. The molecule has 0 aromatic heterocycles. The van der Waals surface area contributed by atoms with E-state index in [-0.39, 0.29) is 18.4 Å². The van der Waals surface area contributed by atoms with Crippen LogP contribution in [0.5, 0.6) is 17.2 Å². The van der Waals surface area contributed by atoms with Crippen LogP contribution in [0.4, 0.5) is 11.4 Å². The zero-order valence-electron chi connectivity index (χ0n) is 17.6. The SMILES string of the molecule is CCCCCN1C(=O)C(C)Oc2ccc(NC(=O)COc3cccc(OC)c3)cc21. The Morgan fingerprint density at radius 1 is 1.17 bits per heavy atom. The van der Waals surface area contributed by atoms with Gasteiger partial charge in [-0.05, 0) is 43.7 Å². The number of amides is 2. The van der Waals surface area contributed by atoms with E-state index in [0.29, 0.717) is 35.2 Å². The summed E-state index contributed by atoms with van der Waals surface area (Å²) in [5, 5.41) is 2.82. The Bertz CT molecular complexity index is 899. The van der Waals surface area contributed by atoms with E-state index in [1.54, 1.807) is 61.4 Å². The second-order valence-electron chi connectivity index (χ2n) is 7.16. The average Bonchev–Trinajstić information content (AvgIpc) is 2.75. The number of rotatable bonds is 9. The van der Waals surface area contributed by atoms with Crippen LogP contribution in [0.2, 0.25) is 0 Å². The second kappa shape index (κ2) is 10.0. The van der Waals surface area contributed by atoms with Crippen molar-refractivity contribution in [2.75, 3.05) is 30.5 Å². The lowest BCUT2D eigenvalue weighted by atomic mass is 10.1. The summed E-state index contributed by atoms with van der Waals surface area (Å²) in [6, 6.07) is 12.4. The largest absolute Gasteiger partial charge is 0.497 e. The maximum absolute atomic E-state index is 12.6. The molecule has 2 aromatic rings. The van der Waals surface area contributed by atoms with Gasteiger partial charge in [-0.3, -0.25) is 9.59 Å². The standard InChI is InChI=1S/C23H28N2O5/c1-4-5-6-12-25-20-13-17(10-11-21(20)30-16(2)23(25)27)24-22(26)15-29-19-9-7-8-18(14-19)28-3/h7-11,13-14,16H,4-6,12,15H2,1-3H3,(H,24,26). The molecule has 30 heavy (non-hydrogen) atoms. The number of methoxy groups -OCH3 is 1. The van der Waals surface area contributed by atoms with Crippen LogP contribution in [0.3, 0.4) is 0 Å². The molecular formula is C23H28N2O5. The smallest absolute Gasteiger partial charge is 0.267 e. The lowest BCUT2D eigenvalue weighted by Gasteiger charge is -2.33. The highest BCUT2D eigenvalue weighted by atomic mass is 16.5. The van der Waals surface area contributed by atoms with Crippen LogP contribution in [-0.2, 0) is 9.59 Å². The van der Waals surface area contributed by atoms with Gasteiger partial charge in [0.15, 0.2) is 12.7 Å². The third-order valence-electron chi connectivity index (χ3n) is 4.85. The molecule has 0 bridgehead atoms. The molecule has 0 fully saturated rings. The summed E-state index contributed by atoms with van der Waals surface area (Å²) >= 11 is 0. The van der Waals surface area contributed by atoms with E-state index in [1.165, 1.54) is 0 Å². The number of hydrogen-bond acceptors (Lipinski definition) is 5. The third-order valence-corrected chi connectivity index (χ3v) is 4.85. The quantitative estimate of drug-likeness (QED) is 0.630. The van der Waals surface area contributed by atoms with Crippen LogP contribution in [0.1, 0.15) is 33.1 Å². The fourth-order valence-corrected chi connectivity index (χ4v) is 3.27. The summed E-state index contributed by atoms with van der Waals surface area (Å²) in [5.74, 6) is 1.48. The number of benzene rings is 2. The first-order chi connectivity index (χ1) is 14.5. The lowest BCUT2D eigenvalue weighted by Crippen LogP contribution is -2.44. The summed E-state index contributed by atoms with van der Waals surface area (Å²) in [4.78, 5) is 26.7. The molecule has 7 heteroatoms. The highest BCUT2D eigenvalue weighted by Gasteiger charge is 2.31. The van der Waals surface area contributed by atoms with E-state index in [1.807, 2.05) is 0 Å². The Labute approximate surface area is 176 Å². The summed E-state index contributed by atoms with van der Waals surface area (Å²) in [5.41, 5.74) is 1.26. The van der Waals surface area contributed by atoms with Gasteiger partial charge < -0.3 is 24.4 Å². The normalized spacial score (nSPS) is 15.2. The second-order valence-corrected chi connectivity index (χ2v) is 7.16. The zero-order chi connectivity index (χ0) is 21.5. The number of anilines is 2. The van der Waals surface area contributed by atoms with Crippen LogP contribution in [0, 0.1) is 0 Å². The maximum Gasteiger partial charge on any atom is 0.267 e. The van der Waals surface area contributed by atoms with Crippen LogP contribution in [0.25, 0.3) is 0 Å². The van der Waals surface area contributed by atoms with Gasteiger partial charge in [0.25, 0.3) is 11.8 Å². The molecule has 0 aliphatic carbocycles. The van der Waals surface area contributed by atoms with Gasteiger partial charge >= 0.3 is 0 Å². The van der Waals surface area contributed by atoms with Crippen molar-refractivity contribution in [3.05, 3.63) is 42.5 Å². The molecule has 1 N–H and O–H groups in total.